The fourth-order valence-corrected chi connectivity index (χ4v) is 10.4. The highest BCUT2D eigenvalue weighted by Crippen LogP contribution is 2.68. The Morgan fingerprint density at radius 2 is 1.62 bits per heavy atom. The van der Waals surface area contributed by atoms with E-state index in [2.05, 4.69) is 45.3 Å². The molecule has 4 rings (SSSR count). The van der Waals surface area contributed by atoms with Gasteiger partial charge in [-0.15, -0.1) is 0 Å². The van der Waals surface area contributed by atoms with Crippen molar-refractivity contribution in [1.29, 1.82) is 0 Å². The first kappa shape index (κ1) is 31.7. The molecule has 4 saturated carbocycles. The monoisotopic (exact) mass is 548 g/mol. The maximum Gasteiger partial charge on any atom is 0.0602 e. The van der Waals surface area contributed by atoms with Gasteiger partial charge >= 0.3 is 0 Å². The molecule has 0 spiro atoms. The van der Waals surface area contributed by atoms with Crippen LogP contribution in [0.5, 0.6) is 0 Å². The van der Waals surface area contributed by atoms with Crippen LogP contribution in [0.1, 0.15) is 118 Å². The summed E-state index contributed by atoms with van der Waals surface area (Å²) in [7, 11) is 0. The van der Waals surface area contributed by atoms with Crippen molar-refractivity contribution in [2.24, 2.45) is 58.0 Å². The molecule has 0 radical (unpaired) electrons. The molecule has 5 nitrogen and oxygen atoms in total. The van der Waals surface area contributed by atoms with Crippen molar-refractivity contribution in [2.45, 2.75) is 136 Å². The summed E-state index contributed by atoms with van der Waals surface area (Å²) in [6.07, 6.45) is 14.9. The average molecular weight is 548 g/mol. The van der Waals surface area contributed by atoms with Crippen molar-refractivity contribution in [3.8, 4) is 0 Å². The summed E-state index contributed by atoms with van der Waals surface area (Å²) in [6, 6.07) is 0.574. The molecule has 0 amide bonds. The van der Waals surface area contributed by atoms with E-state index in [1.54, 1.807) is 0 Å². The van der Waals surface area contributed by atoms with Crippen molar-refractivity contribution in [3.05, 3.63) is 0 Å². The Morgan fingerprint density at radius 3 is 2.36 bits per heavy atom. The molecule has 39 heavy (non-hydrogen) atoms. The summed E-state index contributed by atoms with van der Waals surface area (Å²) in [6.45, 7) is 16.1. The molecular weight excluding hydrogens is 482 g/mol. The molecule has 4 fully saturated rings. The molecule has 228 valence electrons. The van der Waals surface area contributed by atoms with E-state index in [0.717, 1.165) is 57.8 Å². The highest BCUT2D eigenvalue weighted by molar-refractivity contribution is 5.14. The molecule has 0 heterocycles. The first-order valence-electron chi connectivity index (χ1n) is 17.1. The van der Waals surface area contributed by atoms with Crippen LogP contribution < -0.4 is 16.4 Å². The first-order valence-corrected chi connectivity index (χ1v) is 17.1. The van der Waals surface area contributed by atoms with Gasteiger partial charge in [-0.25, -0.2) is 0 Å². The SMILES string of the molecule is CC(C)CCC[C@@H](C)[C@H]1CCC2C3C(C[C@H](O)[C@@]21C)[C@@]1(C)CC[C@H](NCCCNCCCCN)C[C@@H]1C[C@H]3O. The molecule has 0 aromatic carbocycles. The number of aliphatic hydroxyl groups is 2. The fraction of sp³-hybridized carbons (Fsp3) is 1.00. The van der Waals surface area contributed by atoms with Gasteiger partial charge in [-0.3, -0.25) is 0 Å². The van der Waals surface area contributed by atoms with Crippen LogP contribution in [-0.4, -0.2) is 54.6 Å². The standard InChI is InChI=1S/C34H65N3O2/c1-23(2)10-8-11-24(3)27-12-13-28-32-29(22-31(39)34(27,28)5)33(4)15-14-26(20-25(33)21-30(32)38)37-19-9-18-36-17-7-6-16-35/h23-32,36-39H,6-22,35H2,1-5H3/t24-,25-,26+,27-,28?,29?,30-,31+,32?,33+,34-/m1/s1. The fourth-order valence-electron chi connectivity index (χ4n) is 10.4. The largest absolute Gasteiger partial charge is 0.393 e. The van der Waals surface area contributed by atoms with E-state index in [-0.39, 0.29) is 23.0 Å². The molecule has 4 aliphatic rings. The van der Waals surface area contributed by atoms with Crippen LogP contribution in [0.15, 0.2) is 0 Å². The van der Waals surface area contributed by atoms with Crippen LogP contribution in [0.4, 0.5) is 0 Å². The third kappa shape index (κ3) is 6.74. The van der Waals surface area contributed by atoms with Crippen LogP contribution in [0.3, 0.4) is 0 Å². The normalized spacial score (nSPS) is 42.7. The topological polar surface area (TPSA) is 90.5 Å². The zero-order valence-electron chi connectivity index (χ0n) is 26.3. The van der Waals surface area contributed by atoms with Gasteiger partial charge < -0.3 is 26.6 Å². The molecular formula is C34H65N3O2. The Kier molecular flexibility index (Phi) is 11.3. The van der Waals surface area contributed by atoms with Crippen molar-refractivity contribution in [3.63, 3.8) is 0 Å². The van der Waals surface area contributed by atoms with Gasteiger partial charge in [-0.05, 0) is 143 Å². The highest BCUT2D eigenvalue weighted by Gasteiger charge is 2.65. The lowest BCUT2D eigenvalue weighted by Crippen LogP contribution is -2.62. The number of unbranched alkanes of at least 4 members (excludes halogenated alkanes) is 1. The van der Waals surface area contributed by atoms with E-state index in [4.69, 9.17) is 5.73 Å². The second-order valence-electron chi connectivity index (χ2n) is 15.4. The molecule has 0 aromatic heterocycles. The van der Waals surface area contributed by atoms with Gasteiger partial charge in [0.2, 0.25) is 0 Å². The lowest BCUT2D eigenvalue weighted by Gasteiger charge is -2.63. The molecule has 0 aliphatic heterocycles. The Hall–Kier alpha value is -0.200. The van der Waals surface area contributed by atoms with Crippen LogP contribution in [0, 0.1) is 52.3 Å². The molecule has 0 bridgehead atoms. The lowest BCUT2D eigenvalue weighted by molar-refractivity contribution is -0.202. The Morgan fingerprint density at radius 1 is 0.846 bits per heavy atom. The van der Waals surface area contributed by atoms with Gasteiger partial charge in [0.1, 0.15) is 0 Å². The molecule has 5 heteroatoms. The minimum absolute atomic E-state index is 0.0281. The third-order valence-corrected chi connectivity index (χ3v) is 12.8. The van der Waals surface area contributed by atoms with E-state index in [0.29, 0.717) is 41.5 Å². The van der Waals surface area contributed by atoms with Crippen LogP contribution >= 0.6 is 0 Å². The summed E-state index contributed by atoms with van der Waals surface area (Å²) in [5, 5.41) is 31.0. The predicted octanol–water partition coefficient (Wildman–Crippen LogP) is 5.73. The van der Waals surface area contributed by atoms with Crippen molar-refractivity contribution < 1.29 is 10.2 Å². The summed E-state index contributed by atoms with van der Waals surface area (Å²) < 4.78 is 0. The summed E-state index contributed by atoms with van der Waals surface area (Å²) in [5.74, 6) is 3.92. The van der Waals surface area contributed by atoms with Gasteiger partial charge in [0.15, 0.2) is 0 Å². The van der Waals surface area contributed by atoms with Gasteiger partial charge in [-0.2, -0.15) is 0 Å². The minimum Gasteiger partial charge on any atom is -0.393 e. The molecule has 3 unspecified atom stereocenters. The summed E-state index contributed by atoms with van der Waals surface area (Å²) >= 11 is 0. The first-order chi connectivity index (χ1) is 18.6. The Balaban J connectivity index is 1.34. The maximum atomic E-state index is 11.9. The second kappa shape index (κ2) is 13.8. The maximum absolute atomic E-state index is 11.9. The second-order valence-corrected chi connectivity index (χ2v) is 15.4. The van der Waals surface area contributed by atoms with Crippen molar-refractivity contribution in [2.75, 3.05) is 26.2 Å². The number of fused-ring (bicyclic) bond motifs is 5. The molecule has 6 N–H and O–H groups in total. The Labute approximate surface area is 241 Å². The number of nitrogens with one attached hydrogen (secondary N) is 2. The van der Waals surface area contributed by atoms with Gasteiger partial charge in [0.05, 0.1) is 12.2 Å². The smallest absolute Gasteiger partial charge is 0.0602 e. The number of hydrogen-bond donors (Lipinski definition) is 5. The van der Waals surface area contributed by atoms with Gasteiger partial charge in [-0.1, -0.05) is 53.9 Å². The van der Waals surface area contributed by atoms with Gasteiger partial charge in [0, 0.05) is 6.04 Å². The zero-order chi connectivity index (χ0) is 28.2. The highest BCUT2D eigenvalue weighted by atomic mass is 16.3. The van der Waals surface area contributed by atoms with E-state index >= 15 is 0 Å². The van der Waals surface area contributed by atoms with Crippen LogP contribution in [0.25, 0.3) is 0 Å². The van der Waals surface area contributed by atoms with Crippen molar-refractivity contribution in [1.82, 2.24) is 10.6 Å². The minimum atomic E-state index is -0.222. The van der Waals surface area contributed by atoms with E-state index in [1.807, 2.05) is 0 Å². The average Bonchev–Trinajstić information content (AvgIpc) is 3.25. The lowest BCUT2D eigenvalue weighted by atomic mass is 9.43. The van der Waals surface area contributed by atoms with Gasteiger partial charge in [0.25, 0.3) is 0 Å². The molecule has 11 atom stereocenters. The molecule has 0 aromatic rings. The van der Waals surface area contributed by atoms with E-state index < -0.39 is 0 Å². The van der Waals surface area contributed by atoms with Crippen LogP contribution in [-0.2, 0) is 0 Å². The quantitative estimate of drug-likeness (QED) is 0.179. The number of aliphatic hydroxyl groups excluding tert-OH is 2. The summed E-state index contributed by atoms with van der Waals surface area (Å²) in [5.41, 5.74) is 5.81. The number of hydrogen-bond acceptors (Lipinski definition) is 5. The van der Waals surface area contributed by atoms with E-state index in [9.17, 15) is 10.2 Å². The summed E-state index contributed by atoms with van der Waals surface area (Å²) in [4.78, 5) is 0. The van der Waals surface area contributed by atoms with Crippen LogP contribution in [0.2, 0.25) is 0 Å². The zero-order valence-corrected chi connectivity index (χ0v) is 26.3. The Bertz CT molecular complexity index is 748. The predicted molar refractivity (Wildman–Crippen MR) is 163 cm³/mol. The molecule has 0 saturated heterocycles. The third-order valence-electron chi connectivity index (χ3n) is 12.8. The molecule has 4 aliphatic carbocycles. The number of nitrogens with two attached hydrogens (primary N) is 1. The number of rotatable bonds is 14. The van der Waals surface area contributed by atoms with E-state index in [1.165, 1.54) is 57.8 Å². The van der Waals surface area contributed by atoms with Crippen molar-refractivity contribution >= 4 is 0 Å².